The lowest BCUT2D eigenvalue weighted by Gasteiger charge is -2.09. The van der Waals surface area contributed by atoms with Crippen molar-refractivity contribution in [2.24, 2.45) is 0 Å². The minimum Gasteiger partial charge on any atom is -0.385 e. The molecule has 1 amide bonds. The van der Waals surface area contributed by atoms with Gasteiger partial charge < -0.3 is 15.4 Å². The maximum Gasteiger partial charge on any atom is 0.270 e. The summed E-state index contributed by atoms with van der Waals surface area (Å²) >= 11 is 0. The van der Waals surface area contributed by atoms with Crippen LogP contribution in [0, 0.1) is 12.7 Å². The lowest BCUT2D eigenvalue weighted by molar-refractivity contribution is 0.0943. The second-order valence-electron chi connectivity index (χ2n) is 4.92. The zero-order valence-corrected chi connectivity index (χ0v) is 13.1. The van der Waals surface area contributed by atoms with Gasteiger partial charge in [-0.25, -0.2) is 14.4 Å². The monoisotopic (exact) mass is 318 g/mol. The van der Waals surface area contributed by atoms with E-state index < -0.39 is 0 Å². The maximum absolute atomic E-state index is 13.2. The number of anilines is 2. The van der Waals surface area contributed by atoms with Crippen LogP contribution in [0.3, 0.4) is 0 Å². The van der Waals surface area contributed by atoms with Crippen molar-refractivity contribution in [3.8, 4) is 0 Å². The molecule has 0 spiro atoms. The van der Waals surface area contributed by atoms with E-state index in [9.17, 15) is 9.18 Å². The van der Waals surface area contributed by atoms with Crippen LogP contribution in [0.15, 0.2) is 30.3 Å². The number of benzene rings is 1. The quantitative estimate of drug-likeness (QED) is 0.767. The average Bonchev–Trinajstić information content (AvgIpc) is 2.51. The predicted molar refractivity (Wildman–Crippen MR) is 85.3 cm³/mol. The highest BCUT2D eigenvalue weighted by Gasteiger charge is 2.10. The number of aromatic nitrogens is 2. The Bertz CT molecular complexity index is 679. The van der Waals surface area contributed by atoms with E-state index in [0.29, 0.717) is 30.5 Å². The van der Waals surface area contributed by atoms with Gasteiger partial charge in [-0.1, -0.05) is 6.07 Å². The molecule has 0 saturated heterocycles. The maximum atomic E-state index is 13.2. The average molecular weight is 318 g/mol. The van der Waals surface area contributed by atoms with Gasteiger partial charge in [0.15, 0.2) is 0 Å². The molecule has 0 saturated carbocycles. The number of carbonyl (C=O) groups is 1. The summed E-state index contributed by atoms with van der Waals surface area (Å²) < 4.78 is 18.1. The zero-order chi connectivity index (χ0) is 16.7. The minimum absolute atomic E-state index is 0.258. The van der Waals surface area contributed by atoms with Crippen molar-refractivity contribution < 1.29 is 13.9 Å². The molecule has 1 aromatic heterocycles. The van der Waals surface area contributed by atoms with Gasteiger partial charge in [0.05, 0.1) is 0 Å². The molecule has 2 aromatic rings. The van der Waals surface area contributed by atoms with E-state index in [4.69, 9.17) is 4.74 Å². The fraction of sp³-hybridized carbons (Fsp3) is 0.312. The van der Waals surface area contributed by atoms with Crippen LogP contribution in [0.2, 0.25) is 0 Å². The number of nitrogens with zero attached hydrogens (tertiary/aromatic N) is 2. The molecule has 2 rings (SSSR count). The van der Waals surface area contributed by atoms with Crippen molar-refractivity contribution in [2.75, 3.05) is 25.6 Å². The summed E-state index contributed by atoms with van der Waals surface area (Å²) in [5, 5.41) is 5.73. The Hall–Kier alpha value is -2.54. The van der Waals surface area contributed by atoms with Crippen LogP contribution >= 0.6 is 0 Å². The lowest BCUT2D eigenvalue weighted by Crippen LogP contribution is -2.26. The van der Waals surface area contributed by atoms with Crippen molar-refractivity contribution in [1.29, 1.82) is 0 Å². The van der Waals surface area contributed by atoms with Gasteiger partial charge in [-0.3, -0.25) is 4.79 Å². The molecule has 1 aromatic carbocycles. The third-order valence-electron chi connectivity index (χ3n) is 2.98. The summed E-state index contributed by atoms with van der Waals surface area (Å²) in [6, 6.07) is 7.54. The van der Waals surface area contributed by atoms with E-state index in [1.807, 2.05) is 0 Å². The Morgan fingerprint density at radius 3 is 2.87 bits per heavy atom. The van der Waals surface area contributed by atoms with Crippen molar-refractivity contribution in [3.63, 3.8) is 0 Å². The molecule has 7 heteroatoms. The van der Waals surface area contributed by atoms with E-state index in [1.54, 1.807) is 26.2 Å². The SMILES string of the molecule is COCCCNC(=O)c1cc(Nc2cccc(F)c2)nc(C)n1. The molecule has 0 fully saturated rings. The van der Waals surface area contributed by atoms with Crippen LogP contribution in [-0.2, 0) is 4.74 Å². The first kappa shape index (κ1) is 16.8. The van der Waals surface area contributed by atoms with Crippen molar-refractivity contribution in [1.82, 2.24) is 15.3 Å². The largest absolute Gasteiger partial charge is 0.385 e. The normalized spacial score (nSPS) is 10.4. The van der Waals surface area contributed by atoms with E-state index in [1.165, 1.54) is 18.2 Å². The molecule has 0 aliphatic carbocycles. The molecule has 23 heavy (non-hydrogen) atoms. The van der Waals surface area contributed by atoms with Gasteiger partial charge in [-0.15, -0.1) is 0 Å². The van der Waals surface area contributed by atoms with Crippen LogP contribution in [-0.4, -0.2) is 36.1 Å². The number of amides is 1. The van der Waals surface area contributed by atoms with Crippen LogP contribution in [0.25, 0.3) is 0 Å². The summed E-state index contributed by atoms with van der Waals surface area (Å²) in [6.07, 6.45) is 0.723. The van der Waals surface area contributed by atoms with Crippen molar-refractivity contribution in [3.05, 3.63) is 47.7 Å². The van der Waals surface area contributed by atoms with Gasteiger partial charge in [0, 0.05) is 32.0 Å². The van der Waals surface area contributed by atoms with Crippen LogP contribution in [0.4, 0.5) is 15.9 Å². The van der Waals surface area contributed by atoms with Crippen LogP contribution < -0.4 is 10.6 Å². The van der Waals surface area contributed by atoms with E-state index in [0.717, 1.165) is 6.42 Å². The highest BCUT2D eigenvalue weighted by Crippen LogP contribution is 2.16. The van der Waals surface area contributed by atoms with Gasteiger partial charge in [0.25, 0.3) is 5.91 Å². The first-order valence-electron chi connectivity index (χ1n) is 7.24. The molecule has 2 N–H and O–H groups in total. The van der Waals surface area contributed by atoms with Crippen molar-refractivity contribution >= 4 is 17.4 Å². The topological polar surface area (TPSA) is 76.1 Å². The molecule has 6 nitrogen and oxygen atoms in total. The summed E-state index contributed by atoms with van der Waals surface area (Å²) in [4.78, 5) is 20.4. The number of methoxy groups -OCH3 is 1. The molecule has 0 bridgehead atoms. The number of carbonyl (C=O) groups excluding carboxylic acids is 1. The molecule has 0 atom stereocenters. The third-order valence-corrected chi connectivity index (χ3v) is 2.98. The second-order valence-corrected chi connectivity index (χ2v) is 4.92. The van der Waals surface area contributed by atoms with Gasteiger partial charge >= 0.3 is 0 Å². The number of hydrogen-bond donors (Lipinski definition) is 2. The van der Waals surface area contributed by atoms with Gasteiger partial charge in [-0.05, 0) is 31.5 Å². The minimum atomic E-state index is -0.350. The Morgan fingerprint density at radius 1 is 1.30 bits per heavy atom. The molecule has 0 aliphatic rings. The summed E-state index contributed by atoms with van der Waals surface area (Å²) in [5.74, 6) is 0.254. The van der Waals surface area contributed by atoms with E-state index >= 15 is 0 Å². The highest BCUT2D eigenvalue weighted by molar-refractivity contribution is 5.93. The molecule has 122 valence electrons. The molecule has 0 aliphatic heterocycles. The summed E-state index contributed by atoms with van der Waals surface area (Å²) in [6.45, 7) is 2.77. The fourth-order valence-electron chi connectivity index (χ4n) is 1.97. The Morgan fingerprint density at radius 2 is 2.13 bits per heavy atom. The number of aryl methyl sites for hydroxylation is 1. The number of rotatable bonds is 7. The molecule has 1 heterocycles. The van der Waals surface area contributed by atoms with Crippen LogP contribution in [0.5, 0.6) is 0 Å². The van der Waals surface area contributed by atoms with E-state index in [-0.39, 0.29) is 17.4 Å². The third kappa shape index (κ3) is 5.30. The fourth-order valence-corrected chi connectivity index (χ4v) is 1.97. The molecular formula is C16H19FN4O2. The standard InChI is InChI=1S/C16H19FN4O2/c1-11-19-14(16(22)18-7-4-8-23-2)10-15(20-11)21-13-6-3-5-12(17)9-13/h3,5-6,9-10H,4,7-8H2,1-2H3,(H,18,22)(H,19,20,21). The van der Waals surface area contributed by atoms with Crippen LogP contribution in [0.1, 0.15) is 22.7 Å². The zero-order valence-electron chi connectivity index (χ0n) is 13.1. The Balaban J connectivity index is 2.07. The Labute approximate surface area is 134 Å². The molecule has 0 radical (unpaired) electrons. The summed E-state index contributed by atoms with van der Waals surface area (Å²) in [7, 11) is 1.61. The number of nitrogens with one attached hydrogen (secondary N) is 2. The highest BCUT2D eigenvalue weighted by atomic mass is 19.1. The Kier molecular flexibility index (Phi) is 5.99. The molecular weight excluding hydrogens is 299 g/mol. The number of halogens is 1. The van der Waals surface area contributed by atoms with Crippen molar-refractivity contribution in [2.45, 2.75) is 13.3 Å². The second kappa shape index (κ2) is 8.19. The van der Waals surface area contributed by atoms with Gasteiger partial charge in [-0.2, -0.15) is 0 Å². The predicted octanol–water partition coefficient (Wildman–Crippen LogP) is 2.43. The first-order valence-corrected chi connectivity index (χ1v) is 7.24. The number of hydrogen-bond acceptors (Lipinski definition) is 5. The van der Waals surface area contributed by atoms with Gasteiger partial charge in [0.2, 0.25) is 0 Å². The van der Waals surface area contributed by atoms with E-state index in [2.05, 4.69) is 20.6 Å². The lowest BCUT2D eigenvalue weighted by atomic mass is 10.3. The smallest absolute Gasteiger partial charge is 0.270 e. The number of ether oxygens (including phenoxy) is 1. The first-order chi connectivity index (χ1) is 11.1. The molecule has 0 unspecified atom stereocenters. The van der Waals surface area contributed by atoms with Gasteiger partial charge in [0.1, 0.15) is 23.2 Å². The summed E-state index contributed by atoms with van der Waals surface area (Å²) in [5.41, 5.74) is 0.809.